The minimum atomic E-state index is -0.516. The molecule has 0 radical (unpaired) electrons. The standard InChI is InChI=1S/C8H12O5/c1-11-7(9)5-3-13-4-6(5)8(10)12-2/h5-6H,3-4H2,1-2H3/t5-,6-/m1/s1. The first-order chi connectivity index (χ1) is 6.20. The maximum Gasteiger partial charge on any atom is 0.311 e. The van der Waals surface area contributed by atoms with Gasteiger partial charge in [-0.1, -0.05) is 0 Å². The first kappa shape index (κ1) is 9.98. The Bertz CT molecular complexity index is 191. The average Bonchev–Trinajstić information content (AvgIpc) is 2.63. The Kier molecular flexibility index (Phi) is 3.25. The molecule has 0 spiro atoms. The SMILES string of the molecule is COC(=O)[C@@H]1COC[C@H]1C(=O)OC. The quantitative estimate of drug-likeness (QED) is 0.551. The summed E-state index contributed by atoms with van der Waals surface area (Å²) >= 11 is 0. The molecular weight excluding hydrogens is 176 g/mol. The van der Waals surface area contributed by atoms with Gasteiger partial charge in [-0.25, -0.2) is 0 Å². The summed E-state index contributed by atoms with van der Waals surface area (Å²) in [5.74, 6) is -1.88. The molecular formula is C8H12O5. The van der Waals surface area contributed by atoms with Gasteiger partial charge in [-0.2, -0.15) is 0 Å². The lowest BCUT2D eigenvalue weighted by molar-refractivity contribution is -0.155. The highest BCUT2D eigenvalue weighted by atomic mass is 16.5. The third kappa shape index (κ3) is 1.98. The lowest BCUT2D eigenvalue weighted by atomic mass is 9.96. The molecule has 1 saturated heterocycles. The Morgan fingerprint density at radius 3 is 1.77 bits per heavy atom. The van der Waals surface area contributed by atoms with E-state index >= 15 is 0 Å². The number of carbonyl (C=O) groups is 2. The molecule has 0 aromatic heterocycles. The Morgan fingerprint density at radius 1 is 1.08 bits per heavy atom. The van der Waals surface area contributed by atoms with Crippen LogP contribution in [0.15, 0.2) is 0 Å². The number of esters is 2. The summed E-state index contributed by atoms with van der Waals surface area (Å²) in [4.78, 5) is 22.3. The van der Waals surface area contributed by atoms with E-state index in [9.17, 15) is 9.59 Å². The van der Waals surface area contributed by atoms with Crippen LogP contribution in [0.1, 0.15) is 0 Å². The molecule has 13 heavy (non-hydrogen) atoms. The molecule has 2 atom stereocenters. The first-order valence-corrected chi connectivity index (χ1v) is 3.94. The van der Waals surface area contributed by atoms with Gasteiger partial charge in [0.25, 0.3) is 0 Å². The zero-order valence-corrected chi connectivity index (χ0v) is 7.61. The highest BCUT2D eigenvalue weighted by Crippen LogP contribution is 2.22. The second-order valence-corrected chi connectivity index (χ2v) is 2.80. The summed E-state index contributed by atoms with van der Waals surface area (Å²) in [7, 11) is 2.57. The third-order valence-corrected chi connectivity index (χ3v) is 2.09. The van der Waals surface area contributed by atoms with E-state index in [1.165, 1.54) is 14.2 Å². The van der Waals surface area contributed by atoms with Crippen LogP contribution >= 0.6 is 0 Å². The maximum absolute atomic E-state index is 11.1. The van der Waals surface area contributed by atoms with Crippen molar-refractivity contribution in [1.82, 2.24) is 0 Å². The van der Waals surface area contributed by atoms with Crippen LogP contribution in [0.5, 0.6) is 0 Å². The molecule has 1 rings (SSSR count). The minimum absolute atomic E-state index is 0.229. The van der Waals surface area contributed by atoms with Crippen molar-refractivity contribution in [2.24, 2.45) is 11.8 Å². The van der Waals surface area contributed by atoms with Gasteiger partial charge in [-0.3, -0.25) is 9.59 Å². The van der Waals surface area contributed by atoms with Gasteiger partial charge in [0.2, 0.25) is 0 Å². The average molecular weight is 188 g/mol. The lowest BCUT2D eigenvalue weighted by Gasteiger charge is -2.12. The van der Waals surface area contributed by atoms with Crippen molar-refractivity contribution in [3.05, 3.63) is 0 Å². The number of hydrogen-bond donors (Lipinski definition) is 0. The van der Waals surface area contributed by atoms with Crippen molar-refractivity contribution in [3.8, 4) is 0 Å². The van der Waals surface area contributed by atoms with E-state index in [1.807, 2.05) is 0 Å². The van der Waals surface area contributed by atoms with Crippen LogP contribution in [0.25, 0.3) is 0 Å². The molecule has 0 aliphatic carbocycles. The van der Waals surface area contributed by atoms with E-state index in [4.69, 9.17) is 4.74 Å². The molecule has 1 fully saturated rings. The molecule has 5 heteroatoms. The summed E-state index contributed by atoms with van der Waals surface area (Å²) in [5, 5.41) is 0. The van der Waals surface area contributed by atoms with Gasteiger partial charge in [-0.05, 0) is 0 Å². The molecule has 0 N–H and O–H groups in total. The molecule has 0 aromatic carbocycles. The van der Waals surface area contributed by atoms with Gasteiger partial charge >= 0.3 is 11.9 Å². The molecule has 0 saturated carbocycles. The maximum atomic E-state index is 11.1. The summed E-state index contributed by atoms with van der Waals surface area (Å²) in [5.41, 5.74) is 0. The Hall–Kier alpha value is -1.10. The zero-order valence-electron chi connectivity index (χ0n) is 7.61. The predicted molar refractivity (Wildman–Crippen MR) is 41.8 cm³/mol. The first-order valence-electron chi connectivity index (χ1n) is 3.94. The van der Waals surface area contributed by atoms with E-state index in [1.54, 1.807) is 0 Å². The summed E-state index contributed by atoms with van der Waals surface area (Å²) < 4.78 is 14.1. The van der Waals surface area contributed by atoms with Crippen LogP contribution in [0.2, 0.25) is 0 Å². The topological polar surface area (TPSA) is 61.8 Å². The van der Waals surface area contributed by atoms with Gasteiger partial charge in [0, 0.05) is 0 Å². The van der Waals surface area contributed by atoms with Crippen LogP contribution < -0.4 is 0 Å². The fourth-order valence-corrected chi connectivity index (χ4v) is 1.32. The Balaban J connectivity index is 2.63. The van der Waals surface area contributed by atoms with Crippen molar-refractivity contribution < 1.29 is 23.8 Å². The second kappa shape index (κ2) is 4.23. The van der Waals surface area contributed by atoms with Crippen molar-refractivity contribution in [2.75, 3.05) is 27.4 Å². The fraction of sp³-hybridized carbons (Fsp3) is 0.750. The molecule has 5 nitrogen and oxygen atoms in total. The van der Waals surface area contributed by atoms with E-state index < -0.39 is 23.8 Å². The number of carbonyl (C=O) groups excluding carboxylic acids is 2. The van der Waals surface area contributed by atoms with Crippen molar-refractivity contribution >= 4 is 11.9 Å². The van der Waals surface area contributed by atoms with E-state index in [2.05, 4.69) is 9.47 Å². The Labute approximate surface area is 76.0 Å². The third-order valence-electron chi connectivity index (χ3n) is 2.09. The van der Waals surface area contributed by atoms with Gasteiger partial charge in [-0.15, -0.1) is 0 Å². The number of rotatable bonds is 2. The van der Waals surface area contributed by atoms with Crippen LogP contribution in [0, 0.1) is 11.8 Å². The monoisotopic (exact) mass is 188 g/mol. The van der Waals surface area contributed by atoms with Crippen molar-refractivity contribution in [1.29, 1.82) is 0 Å². The van der Waals surface area contributed by atoms with Gasteiger partial charge in [0.05, 0.1) is 39.3 Å². The molecule has 1 aliphatic rings. The molecule has 0 aromatic rings. The van der Waals surface area contributed by atoms with E-state index in [0.29, 0.717) is 0 Å². The normalized spacial score (nSPS) is 26.9. The highest BCUT2D eigenvalue weighted by molar-refractivity contribution is 5.82. The molecule has 1 aliphatic heterocycles. The highest BCUT2D eigenvalue weighted by Gasteiger charge is 2.40. The van der Waals surface area contributed by atoms with E-state index in [-0.39, 0.29) is 13.2 Å². The van der Waals surface area contributed by atoms with Crippen LogP contribution in [-0.4, -0.2) is 39.4 Å². The minimum Gasteiger partial charge on any atom is -0.469 e. The molecule has 0 bridgehead atoms. The summed E-state index contributed by atoms with van der Waals surface area (Å²) in [6.07, 6.45) is 0. The summed E-state index contributed by atoms with van der Waals surface area (Å²) in [6.45, 7) is 0.457. The smallest absolute Gasteiger partial charge is 0.311 e. The van der Waals surface area contributed by atoms with Crippen molar-refractivity contribution in [3.63, 3.8) is 0 Å². The molecule has 74 valence electrons. The number of hydrogen-bond acceptors (Lipinski definition) is 5. The van der Waals surface area contributed by atoms with Gasteiger partial charge in [0.15, 0.2) is 0 Å². The van der Waals surface area contributed by atoms with Crippen molar-refractivity contribution in [2.45, 2.75) is 0 Å². The molecule has 0 amide bonds. The molecule has 1 heterocycles. The lowest BCUT2D eigenvalue weighted by Crippen LogP contribution is -2.30. The number of methoxy groups -OCH3 is 2. The predicted octanol–water partition coefficient (Wildman–Crippen LogP) is -0.405. The van der Waals surface area contributed by atoms with Gasteiger partial charge < -0.3 is 14.2 Å². The second-order valence-electron chi connectivity index (χ2n) is 2.80. The van der Waals surface area contributed by atoms with Crippen LogP contribution in [0.3, 0.4) is 0 Å². The molecule has 0 unspecified atom stereocenters. The fourth-order valence-electron chi connectivity index (χ4n) is 1.32. The van der Waals surface area contributed by atoms with Gasteiger partial charge in [0.1, 0.15) is 0 Å². The largest absolute Gasteiger partial charge is 0.469 e. The zero-order chi connectivity index (χ0) is 9.84. The van der Waals surface area contributed by atoms with Crippen LogP contribution in [0.4, 0.5) is 0 Å². The number of ether oxygens (including phenoxy) is 3. The Morgan fingerprint density at radius 2 is 1.46 bits per heavy atom. The summed E-state index contributed by atoms with van der Waals surface area (Å²) in [6, 6.07) is 0. The van der Waals surface area contributed by atoms with E-state index in [0.717, 1.165) is 0 Å². The van der Waals surface area contributed by atoms with Crippen LogP contribution in [-0.2, 0) is 23.8 Å².